The van der Waals surface area contributed by atoms with E-state index < -0.39 is 125 Å². The predicted octanol–water partition coefficient (Wildman–Crippen LogP) is 4.03. The van der Waals surface area contributed by atoms with Crippen LogP contribution in [0.3, 0.4) is 0 Å². The first-order valence-corrected chi connectivity index (χ1v) is 27.8. The van der Waals surface area contributed by atoms with Crippen LogP contribution in [0.4, 0.5) is 10.1 Å². The molecule has 6 rings (SSSR count). The number of cyclic esters (lactones) is 1. The molecule has 0 amide bonds. The van der Waals surface area contributed by atoms with Gasteiger partial charge < -0.3 is 83.7 Å². The number of nitrogens with one attached hydrogen (secondary N) is 2. The van der Waals surface area contributed by atoms with Crippen LogP contribution in [0.15, 0.2) is 23.1 Å². The Hall–Kier alpha value is -3.91. The maximum absolute atomic E-state index is 15.3. The molecular formula is C56H90FN5O16. The molecule has 1 saturated carbocycles. The number of likely N-dealkylation sites (N-methyl/N-ethyl adjacent to an activating group) is 2. The summed E-state index contributed by atoms with van der Waals surface area (Å²) in [6.45, 7) is 18.5. The van der Waals surface area contributed by atoms with Crippen LogP contribution in [0, 0.1) is 23.6 Å². The monoisotopic (exact) mass is 1110 g/mol. The highest BCUT2D eigenvalue weighted by Crippen LogP contribution is 2.42. The third-order valence-corrected chi connectivity index (χ3v) is 16.8. The minimum Gasteiger partial charge on any atom is -0.477 e. The first-order valence-electron chi connectivity index (χ1n) is 27.8. The van der Waals surface area contributed by atoms with Crippen molar-refractivity contribution in [3.63, 3.8) is 0 Å². The van der Waals surface area contributed by atoms with Gasteiger partial charge in [-0.15, -0.1) is 0 Å². The zero-order valence-electron chi connectivity index (χ0n) is 48.2. The molecular weight excluding hydrogens is 1020 g/mol. The summed E-state index contributed by atoms with van der Waals surface area (Å²) in [5.74, 6) is -5.56. The number of hydrogen-bond donors (Lipinski definition) is 7. The standard InChI is InChI=1S/C56H90FN5O16/c1-15-42-56(10,71)48(66)33(6)61(13)27-29(2)25-54(8,70)49(78-53-46(65)41(60(11)12)22-30(3)73-53)31(4)47(32(5)52(69)75-42)77-44-26-55(9,72-14)50(34(7)74-44)76-43(63)18-19-58-20-21-59-39-24-40-36(23-38(39)57)45(64)37(51(67)68)28-62(40)35-16-17-35/h23-24,28-35,41-42,44,46-50,53,58-59,65-66,70-71H,15-22,25-27H2,1-14H3,(H,67,68)/t29-,30-,31+,32-,33-,34+,41+,42-,44+,46-,47+,48-,49-,50+,53+,54-,55-,56-/m1/s1. The molecule has 3 saturated heterocycles. The summed E-state index contributed by atoms with van der Waals surface area (Å²) in [6, 6.07) is 1.67. The van der Waals surface area contributed by atoms with Gasteiger partial charge in [-0.05, 0) is 120 Å². The fourth-order valence-corrected chi connectivity index (χ4v) is 12.1. The van der Waals surface area contributed by atoms with Gasteiger partial charge in [-0.1, -0.05) is 20.8 Å². The Morgan fingerprint density at radius 2 is 1.63 bits per heavy atom. The summed E-state index contributed by atoms with van der Waals surface area (Å²) >= 11 is 0. The van der Waals surface area contributed by atoms with E-state index >= 15 is 4.39 Å². The second kappa shape index (κ2) is 25.9. The lowest BCUT2D eigenvalue weighted by atomic mass is 9.77. The van der Waals surface area contributed by atoms with Crippen LogP contribution in [0.2, 0.25) is 0 Å². The Morgan fingerprint density at radius 1 is 0.949 bits per heavy atom. The van der Waals surface area contributed by atoms with Crippen molar-refractivity contribution in [3.8, 4) is 0 Å². The van der Waals surface area contributed by atoms with E-state index in [-0.39, 0.29) is 74.0 Å². The molecule has 4 fully saturated rings. The number of rotatable bonds is 17. The molecule has 0 radical (unpaired) electrons. The Kier molecular flexibility index (Phi) is 21.0. The molecule has 78 heavy (non-hydrogen) atoms. The Morgan fingerprint density at radius 3 is 2.24 bits per heavy atom. The molecule has 3 aliphatic heterocycles. The summed E-state index contributed by atoms with van der Waals surface area (Å²) in [5, 5.41) is 63.9. The third-order valence-electron chi connectivity index (χ3n) is 16.8. The number of methoxy groups -OCH3 is 1. The minimum absolute atomic E-state index is 0.00684. The van der Waals surface area contributed by atoms with E-state index in [9.17, 15) is 44.7 Å². The number of carboxylic acids is 1. The first-order chi connectivity index (χ1) is 36.5. The molecule has 2 aromatic rings. The zero-order chi connectivity index (χ0) is 57.9. The molecule has 18 atom stereocenters. The summed E-state index contributed by atoms with van der Waals surface area (Å²) in [7, 11) is 7.03. The number of nitrogens with zero attached hydrogens (tertiary/aromatic N) is 3. The van der Waals surface area contributed by atoms with E-state index in [0.717, 1.165) is 18.9 Å². The lowest BCUT2D eigenvalue weighted by molar-refractivity contribution is -0.318. The number of hydrogen-bond acceptors (Lipinski definition) is 19. The number of carboxylic acid groups (broad SMARTS) is 1. The number of carbonyl (C=O) groups excluding carboxylic acids is 2. The van der Waals surface area contributed by atoms with Crippen LogP contribution in [-0.4, -0.2) is 203 Å². The van der Waals surface area contributed by atoms with Crippen molar-refractivity contribution < 1.29 is 77.5 Å². The number of aliphatic hydroxyl groups is 4. The molecule has 22 heteroatoms. The molecule has 0 bridgehead atoms. The third kappa shape index (κ3) is 14.4. The molecule has 4 aliphatic rings. The van der Waals surface area contributed by atoms with Crippen LogP contribution >= 0.6 is 0 Å². The van der Waals surface area contributed by atoms with Crippen molar-refractivity contribution >= 4 is 34.5 Å². The Balaban J connectivity index is 1.18. The van der Waals surface area contributed by atoms with Gasteiger partial charge in [-0.3, -0.25) is 14.4 Å². The van der Waals surface area contributed by atoms with Crippen LogP contribution in [0.5, 0.6) is 0 Å². The van der Waals surface area contributed by atoms with Gasteiger partial charge in [0.25, 0.3) is 0 Å². The molecule has 7 N–H and O–H groups in total. The molecule has 1 aromatic heterocycles. The zero-order valence-corrected chi connectivity index (χ0v) is 48.2. The van der Waals surface area contributed by atoms with Gasteiger partial charge >= 0.3 is 17.9 Å². The average molecular weight is 1110 g/mol. The lowest BCUT2D eigenvalue weighted by Crippen LogP contribution is -2.61. The minimum atomic E-state index is -1.88. The smallest absolute Gasteiger partial charge is 0.341 e. The molecule has 1 aliphatic carbocycles. The fraction of sp³-hybridized carbons (Fsp3) is 0.786. The van der Waals surface area contributed by atoms with Crippen molar-refractivity contribution in [2.75, 3.05) is 59.7 Å². The number of anilines is 1. The van der Waals surface area contributed by atoms with Gasteiger partial charge in [0.1, 0.15) is 40.9 Å². The highest BCUT2D eigenvalue weighted by Gasteiger charge is 2.54. The molecule has 21 nitrogen and oxygen atoms in total. The second-order valence-corrected chi connectivity index (χ2v) is 23.7. The molecule has 4 heterocycles. The van der Waals surface area contributed by atoms with Crippen LogP contribution in [0.25, 0.3) is 10.9 Å². The van der Waals surface area contributed by atoms with E-state index in [0.29, 0.717) is 25.0 Å². The molecule has 0 spiro atoms. The van der Waals surface area contributed by atoms with Gasteiger partial charge in [-0.25, -0.2) is 9.18 Å². The Bertz CT molecular complexity index is 2440. The Labute approximate surface area is 458 Å². The maximum atomic E-state index is 15.3. The summed E-state index contributed by atoms with van der Waals surface area (Å²) in [5.41, 5.74) is -5.29. The van der Waals surface area contributed by atoms with Crippen LogP contribution in [0.1, 0.15) is 131 Å². The highest BCUT2D eigenvalue weighted by atomic mass is 19.1. The number of aromatic carboxylic acids is 1. The number of aliphatic hydroxyl groups excluding tert-OH is 2. The highest BCUT2D eigenvalue weighted by molar-refractivity contribution is 5.93. The van der Waals surface area contributed by atoms with E-state index in [1.807, 2.05) is 44.8 Å². The number of carbonyl (C=O) groups is 3. The van der Waals surface area contributed by atoms with Crippen molar-refractivity contribution in [1.82, 2.24) is 19.7 Å². The first kappa shape index (κ1) is 63.3. The van der Waals surface area contributed by atoms with Crippen molar-refractivity contribution in [1.29, 1.82) is 0 Å². The van der Waals surface area contributed by atoms with Gasteiger partial charge in [0.15, 0.2) is 18.7 Å². The SMILES string of the molecule is CC[C@H]1OC(=O)[C@H](C)[C@@H](O[C@H]2C[C@@](C)(OC)[C@@H](OC(=O)CCNCCNc3cc4c(cc3F)c(=O)c(C(=O)O)cn4C3CC3)[C@H](C)O2)[C@H](C)[C@@H](O[C@@H]2O[C@H](C)C[C@H](N(C)C)[C@H]2O)[C@](C)(O)C[C@@H](C)CN(C)[C@H](C)[C@@H](O)[C@]1(C)O. The molecule has 0 unspecified atom stereocenters. The number of fused-ring (bicyclic) bond motifs is 1. The fourth-order valence-electron chi connectivity index (χ4n) is 12.1. The van der Waals surface area contributed by atoms with E-state index in [1.165, 1.54) is 26.3 Å². The number of esters is 2. The lowest BCUT2D eigenvalue weighted by Gasteiger charge is -2.49. The second-order valence-electron chi connectivity index (χ2n) is 23.7. The largest absolute Gasteiger partial charge is 0.477 e. The van der Waals surface area contributed by atoms with Gasteiger partial charge in [0.05, 0.1) is 53.6 Å². The number of benzene rings is 1. The van der Waals surface area contributed by atoms with Crippen LogP contribution < -0.4 is 16.1 Å². The summed E-state index contributed by atoms with van der Waals surface area (Å²) in [6.07, 6.45) is -6.42. The summed E-state index contributed by atoms with van der Waals surface area (Å²) in [4.78, 5) is 56.5. The predicted molar refractivity (Wildman–Crippen MR) is 287 cm³/mol. The van der Waals surface area contributed by atoms with Crippen molar-refractivity contribution in [2.45, 2.75) is 211 Å². The average Bonchev–Trinajstić information content (AvgIpc) is 4.24. The number of ether oxygens (including phenoxy) is 7. The van der Waals surface area contributed by atoms with Crippen LogP contribution in [-0.2, 0) is 42.7 Å². The quantitative estimate of drug-likeness (QED) is 0.0871. The normalized spacial score (nSPS) is 37.8. The van der Waals surface area contributed by atoms with E-state index in [2.05, 4.69) is 10.6 Å². The maximum Gasteiger partial charge on any atom is 0.341 e. The van der Waals surface area contributed by atoms with Crippen molar-refractivity contribution in [3.05, 3.63) is 39.9 Å². The van der Waals surface area contributed by atoms with E-state index in [4.69, 9.17) is 33.2 Å². The number of halogens is 1. The number of pyridine rings is 1. The van der Waals surface area contributed by atoms with Crippen molar-refractivity contribution in [2.24, 2.45) is 17.8 Å². The molecule has 1 aromatic carbocycles. The van der Waals surface area contributed by atoms with Gasteiger partial charge in [0, 0.05) is 75.3 Å². The van der Waals surface area contributed by atoms with Gasteiger partial charge in [-0.2, -0.15) is 0 Å². The molecule has 442 valence electrons. The topological polar surface area (TPSA) is 270 Å². The summed E-state index contributed by atoms with van der Waals surface area (Å²) < 4.78 is 61.7. The number of aromatic nitrogens is 1. The van der Waals surface area contributed by atoms with Gasteiger partial charge in [0.2, 0.25) is 5.43 Å². The van der Waals surface area contributed by atoms with E-state index in [1.54, 1.807) is 53.0 Å².